The molecule has 7 nitrogen and oxygen atoms in total. The summed E-state index contributed by atoms with van der Waals surface area (Å²) in [7, 11) is 0. The van der Waals surface area contributed by atoms with Crippen molar-refractivity contribution in [3.05, 3.63) is 70.8 Å². The molecule has 0 aliphatic rings. The zero-order chi connectivity index (χ0) is 29.7. The Morgan fingerprint density at radius 3 is 2.15 bits per heavy atom. The maximum atomic E-state index is 14.3. The summed E-state index contributed by atoms with van der Waals surface area (Å²) in [5.74, 6) is -1.14. The number of rotatable bonds is 8. The molecule has 0 aliphatic heterocycles. The minimum atomic E-state index is -1.05. The highest BCUT2D eigenvalue weighted by molar-refractivity contribution is 6.34. The third-order valence-electron chi connectivity index (χ3n) is 6.00. The van der Waals surface area contributed by atoms with Crippen LogP contribution in [0.3, 0.4) is 0 Å². The number of para-hydroxylation sites is 1. The molecular weight excluding hydrogens is 514 g/mol. The van der Waals surface area contributed by atoms with E-state index in [2.05, 4.69) is 17.2 Å². The smallest absolute Gasteiger partial charge is 0.408 e. The van der Waals surface area contributed by atoms with Crippen molar-refractivity contribution in [1.29, 1.82) is 0 Å². The Morgan fingerprint density at radius 2 is 1.64 bits per heavy atom. The van der Waals surface area contributed by atoms with Gasteiger partial charge in [0, 0.05) is 5.54 Å². The van der Waals surface area contributed by atoms with Gasteiger partial charge in [0.25, 0.3) is 5.91 Å². The van der Waals surface area contributed by atoms with Crippen LogP contribution in [-0.2, 0) is 14.3 Å². The van der Waals surface area contributed by atoms with Crippen molar-refractivity contribution in [2.75, 3.05) is 5.32 Å². The van der Waals surface area contributed by atoms with Gasteiger partial charge in [0.15, 0.2) is 0 Å². The highest BCUT2D eigenvalue weighted by atomic mass is 35.5. The molecule has 0 saturated heterocycles. The van der Waals surface area contributed by atoms with Crippen LogP contribution < -0.4 is 10.6 Å². The largest absolute Gasteiger partial charge is 0.444 e. The Kier molecular flexibility index (Phi) is 10.4. The normalized spacial score (nSPS) is 13.3. The summed E-state index contributed by atoms with van der Waals surface area (Å²) in [6, 6.07) is 10.7. The molecule has 0 bridgehead atoms. The number of carbonyl (C=O) groups is 3. The number of hydrogen-bond donors (Lipinski definition) is 2. The Labute approximate surface area is 237 Å². The van der Waals surface area contributed by atoms with Gasteiger partial charge in [-0.25, -0.2) is 4.79 Å². The first-order chi connectivity index (χ1) is 18.0. The molecule has 2 unspecified atom stereocenters. The third kappa shape index (κ3) is 8.59. The van der Waals surface area contributed by atoms with Crippen LogP contribution in [0.15, 0.2) is 49.0 Å². The van der Waals surface area contributed by atoms with Gasteiger partial charge >= 0.3 is 6.09 Å². The molecule has 0 aliphatic carbocycles. The van der Waals surface area contributed by atoms with Crippen molar-refractivity contribution < 1.29 is 19.1 Å². The lowest BCUT2D eigenvalue weighted by atomic mass is 9.92. The minimum absolute atomic E-state index is 0.288. The van der Waals surface area contributed by atoms with E-state index < -0.39 is 41.1 Å². The molecule has 39 heavy (non-hydrogen) atoms. The van der Waals surface area contributed by atoms with Crippen molar-refractivity contribution in [2.45, 2.75) is 85.5 Å². The quantitative estimate of drug-likeness (QED) is 0.362. The number of alkyl carbamates (subject to hydrolysis) is 1. The third-order valence-corrected chi connectivity index (χ3v) is 6.32. The summed E-state index contributed by atoms with van der Waals surface area (Å²) in [6.07, 6.45) is 0.978. The lowest BCUT2D eigenvalue weighted by molar-refractivity contribution is -0.147. The van der Waals surface area contributed by atoms with Gasteiger partial charge in [-0.1, -0.05) is 68.4 Å². The zero-order valence-electron chi connectivity index (χ0n) is 24.5. The van der Waals surface area contributed by atoms with Crippen molar-refractivity contribution in [3.63, 3.8) is 0 Å². The molecule has 0 spiro atoms. The van der Waals surface area contributed by atoms with E-state index in [1.165, 1.54) is 4.90 Å². The Balaban J connectivity index is 2.66. The van der Waals surface area contributed by atoms with Crippen molar-refractivity contribution in [1.82, 2.24) is 10.2 Å². The number of anilines is 1. The molecule has 3 amide bonds. The summed E-state index contributed by atoms with van der Waals surface area (Å²) in [6.45, 7) is 20.2. The van der Waals surface area contributed by atoms with E-state index in [1.807, 2.05) is 65.8 Å². The summed E-state index contributed by atoms with van der Waals surface area (Å²) >= 11 is 6.44. The van der Waals surface area contributed by atoms with Crippen molar-refractivity contribution in [2.24, 2.45) is 5.92 Å². The van der Waals surface area contributed by atoms with Gasteiger partial charge in [0.1, 0.15) is 17.7 Å². The second kappa shape index (κ2) is 12.7. The molecule has 0 heterocycles. The predicted molar refractivity (Wildman–Crippen MR) is 159 cm³/mol. The molecule has 0 radical (unpaired) electrons. The SMILES string of the molecule is C=Cc1cccc(C(C(=O)Nc2c(C)cccc2Cl)N(C(=O)C(NC(=O)OC(C)(C)C)C(C)C)C(C)(C)C)c1. The number of hydrogen-bond acceptors (Lipinski definition) is 4. The van der Waals surface area contributed by atoms with Crippen LogP contribution in [-0.4, -0.2) is 40.0 Å². The number of nitrogens with one attached hydrogen (secondary N) is 2. The van der Waals surface area contributed by atoms with Crippen molar-refractivity contribution >= 4 is 41.3 Å². The summed E-state index contributed by atoms with van der Waals surface area (Å²) in [5.41, 5.74) is 1.10. The Morgan fingerprint density at radius 1 is 1.03 bits per heavy atom. The molecule has 8 heteroatoms. The maximum absolute atomic E-state index is 14.3. The van der Waals surface area contributed by atoms with E-state index in [0.29, 0.717) is 16.3 Å². The highest BCUT2D eigenvalue weighted by Gasteiger charge is 2.43. The first-order valence-corrected chi connectivity index (χ1v) is 13.4. The summed E-state index contributed by atoms with van der Waals surface area (Å²) < 4.78 is 5.44. The molecule has 0 aromatic heterocycles. The number of benzene rings is 2. The van der Waals surface area contributed by atoms with Crippen LogP contribution in [0.25, 0.3) is 6.08 Å². The second-order valence-corrected chi connectivity index (χ2v) is 12.4. The number of aryl methyl sites for hydroxylation is 1. The Bertz CT molecular complexity index is 1190. The first-order valence-electron chi connectivity index (χ1n) is 13.1. The van der Waals surface area contributed by atoms with E-state index >= 15 is 0 Å². The van der Waals surface area contributed by atoms with Crippen LogP contribution in [0.2, 0.25) is 5.02 Å². The monoisotopic (exact) mass is 555 g/mol. The van der Waals surface area contributed by atoms with E-state index in [9.17, 15) is 14.4 Å². The van der Waals surface area contributed by atoms with Gasteiger partial charge in [-0.05, 0) is 83.2 Å². The second-order valence-electron chi connectivity index (χ2n) is 11.9. The Hall–Kier alpha value is -3.32. The summed E-state index contributed by atoms with van der Waals surface area (Å²) in [4.78, 5) is 42.7. The first kappa shape index (κ1) is 31.9. The van der Waals surface area contributed by atoms with Gasteiger partial charge in [-0.15, -0.1) is 0 Å². The molecule has 0 fully saturated rings. The van der Waals surface area contributed by atoms with Gasteiger partial charge in [-0.3, -0.25) is 9.59 Å². The molecule has 2 N–H and O–H groups in total. The molecule has 2 aromatic carbocycles. The number of carbonyl (C=O) groups excluding carboxylic acids is 3. The van der Waals surface area contributed by atoms with Gasteiger partial charge in [0.05, 0.1) is 10.7 Å². The molecular formula is C31H42ClN3O4. The minimum Gasteiger partial charge on any atom is -0.444 e. The topological polar surface area (TPSA) is 87.7 Å². The standard InChI is InChI=1S/C31H42ClN3O4/c1-11-21-15-13-16-22(18-21)26(27(36)33-25-20(4)14-12-17-23(25)32)35(30(5,6)7)28(37)24(19(2)3)34-29(38)39-31(8,9)10/h11-19,24,26H,1H2,2-10H3,(H,33,36)(H,34,38). The molecule has 212 valence electrons. The molecule has 2 aromatic rings. The number of amides is 3. The van der Waals surface area contributed by atoms with E-state index in [4.69, 9.17) is 16.3 Å². The average Bonchev–Trinajstić information content (AvgIpc) is 2.80. The van der Waals surface area contributed by atoms with Gasteiger partial charge < -0.3 is 20.3 Å². The lowest BCUT2D eigenvalue weighted by Gasteiger charge is -2.43. The van der Waals surface area contributed by atoms with Gasteiger partial charge in [0.2, 0.25) is 5.91 Å². The summed E-state index contributed by atoms with van der Waals surface area (Å²) in [5, 5.41) is 6.09. The number of halogens is 1. The fraction of sp³-hybridized carbons (Fsp3) is 0.452. The van der Waals surface area contributed by atoms with E-state index in [0.717, 1.165) is 11.1 Å². The predicted octanol–water partition coefficient (Wildman–Crippen LogP) is 7.15. The number of nitrogens with zero attached hydrogens (tertiary/aromatic N) is 1. The lowest BCUT2D eigenvalue weighted by Crippen LogP contribution is -2.59. The molecule has 0 saturated carbocycles. The van der Waals surface area contributed by atoms with Crippen LogP contribution in [0.1, 0.15) is 78.1 Å². The molecule has 2 rings (SSSR count). The van der Waals surface area contributed by atoms with Gasteiger partial charge in [-0.2, -0.15) is 0 Å². The van der Waals surface area contributed by atoms with Crippen LogP contribution >= 0.6 is 11.6 Å². The van der Waals surface area contributed by atoms with E-state index in [1.54, 1.807) is 45.0 Å². The van der Waals surface area contributed by atoms with E-state index in [-0.39, 0.29) is 5.92 Å². The molecule has 2 atom stereocenters. The van der Waals surface area contributed by atoms with Crippen LogP contribution in [0, 0.1) is 12.8 Å². The van der Waals surface area contributed by atoms with Crippen molar-refractivity contribution in [3.8, 4) is 0 Å². The van der Waals surface area contributed by atoms with Crippen LogP contribution in [0.4, 0.5) is 10.5 Å². The fourth-order valence-corrected chi connectivity index (χ4v) is 4.47. The average molecular weight is 556 g/mol. The zero-order valence-corrected chi connectivity index (χ0v) is 25.3. The highest BCUT2D eigenvalue weighted by Crippen LogP contribution is 2.34. The van der Waals surface area contributed by atoms with Crippen LogP contribution in [0.5, 0.6) is 0 Å². The fourth-order valence-electron chi connectivity index (χ4n) is 4.20. The number of ether oxygens (including phenoxy) is 1. The maximum Gasteiger partial charge on any atom is 0.408 e.